The average Bonchev–Trinajstić information content (AvgIpc) is 2.21. The molecule has 0 nitrogen and oxygen atoms in total. The lowest BCUT2D eigenvalue weighted by Gasteiger charge is -2.00. The van der Waals surface area contributed by atoms with Crippen molar-refractivity contribution in [2.24, 2.45) is 0 Å². The lowest BCUT2D eigenvalue weighted by molar-refractivity contribution is 0.586. The van der Waals surface area contributed by atoms with Gasteiger partial charge in [0.2, 0.25) is 0 Å². The molecule has 0 aliphatic heterocycles. The van der Waals surface area contributed by atoms with Crippen molar-refractivity contribution in [2.75, 3.05) is 11.5 Å². The molecule has 1 heteroatoms. The summed E-state index contributed by atoms with van der Waals surface area (Å²) in [7, 11) is 0. The van der Waals surface area contributed by atoms with Gasteiger partial charge in [0, 0.05) is 5.75 Å². The van der Waals surface area contributed by atoms with Gasteiger partial charge >= 0.3 is 0 Å². The maximum absolute atomic E-state index is 3.72. The van der Waals surface area contributed by atoms with Gasteiger partial charge in [-0.15, -0.1) is 6.58 Å². The van der Waals surface area contributed by atoms with E-state index in [1.54, 1.807) is 0 Å². The van der Waals surface area contributed by atoms with Gasteiger partial charge in [0.05, 0.1) is 0 Å². The molecule has 0 amide bonds. The van der Waals surface area contributed by atoms with Gasteiger partial charge in [0.1, 0.15) is 0 Å². The second-order valence-corrected chi connectivity index (χ2v) is 4.99. The first-order valence-corrected chi connectivity index (χ1v) is 7.26. The van der Waals surface area contributed by atoms with Gasteiger partial charge in [-0.1, -0.05) is 57.9 Å². The Kier molecular flexibility index (Phi) is 13.2. The molecule has 0 atom stereocenters. The van der Waals surface area contributed by atoms with E-state index in [9.17, 15) is 0 Å². The highest BCUT2D eigenvalue weighted by atomic mass is 32.2. The summed E-state index contributed by atoms with van der Waals surface area (Å²) in [6.45, 7) is 5.99. The first kappa shape index (κ1) is 14.1. The third kappa shape index (κ3) is 12.1. The highest BCUT2D eigenvalue weighted by molar-refractivity contribution is 7.99. The van der Waals surface area contributed by atoms with Gasteiger partial charge in [0.15, 0.2) is 0 Å². The first-order chi connectivity index (χ1) is 6.91. The minimum absolute atomic E-state index is 1.12. The molecule has 0 saturated carbocycles. The van der Waals surface area contributed by atoms with E-state index < -0.39 is 0 Å². The lowest BCUT2D eigenvalue weighted by atomic mass is 10.1. The van der Waals surface area contributed by atoms with Gasteiger partial charge in [-0.25, -0.2) is 0 Å². The summed E-state index contributed by atoms with van der Waals surface area (Å²) in [6, 6.07) is 0. The summed E-state index contributed by atoms with van der Waals surface area (Å²) >= 11 is 2.01. The molecule has 0 rings (SSSR count). The molecule has 0 radical (unpaired) electrons. The van der Waals surface area contributed by atoms with Crippen molar-refractivity contribution in [3.05, 3.63) is 12.7 Å². The van der Waals surface area contributed by atoms with Gasteiger partial charge < -0.3 is 0 Å². The molecule has 0 aromatic heterocycles. The fraction of sp³-hybridized carbons (Fsp3) is 0.846. The van der Waals surface area contributed by atoms with Crippen LogP contribution in [0.15, 0.2) is 12.7 Å². The molecule has 14 heavy (non-hydrogen) atoms. The van der Waals surface area contributed by atoms with E-state index in [1.165, 1.54) is 57.1 Å². The molecule has 0 aromatic carbocycles. The molecule has 0 aliphatic rings. The van der Waals surface area contributed by atoms with Crippen LogP contribution in [-0.2, 0) is 0 Å². The number of hydrogen-bond acceptors (Lipinski definition) is 1. The predicted molar refractivity (Wildman–Crippen MR) is 70.1 cm³/mol. The van der Waals surface area contributed by atoms with E-state index in [0.717, 1.165) is 5.75 Å². The Morgan fingerprint density at radius 2 is 1.50 bits per heavy atom. The Morgan fingerprint density at radius 3 is 2.07 bits per heavy atom. The van der Waals surface area contributed by atoms with Crippen LogP contribution in [0.2, 0.25) is 0 Å². The smallest absolute Gasteiger partial charge is 0.0110 e. The molecular formula is C13H26S. The molecule has 0 bridgehead atoms. The van der Waals surface area contributed by atoms with Crippen LogP contribution in [0.3, 0.4) is 0 Å². The monoisotopic (exact) mass is 214 g/mol. The average molecular weight is 214 g/mol. The number of unbranched alkanes of at least 4 members (excludes halogenated alkanes) is 7. The highest BCUT2D eigenvalue weighted by Crippen LogP contribution is 2.10. The number of hydrogen-bond donors (Lipinski definition) is 0. The Morgan fingerprint density at radius 1 is 0.929 bits per heavy atom. The summed E-state index contributed by atoms with van der Waals surface area (Å²) in [4.78, 5) is 0. The Labute approximate surface area is 94.6 Å². The van der Waals surface area contributed by atoms with Crippen molar-refractivity contribution < 1.29 is 0 Å². The Bertz CT molecular complexity index is 110. The van der Waals surface area contributed by atoms with Crippen LogP contribution < -0.4 is 0 Å². The quantitative estimate of drug-likeness (QED) is 0.343. The lowest BCUT2D eigenvalue weighted by Crippen LogP contribution is -1.83. The van der Waals surface area contributed by atoms with Crippen molar-refractivity contribution >= 4 is 11.8 Å². The molecular weight excluding hydrogens is 188 g/mol. The van der Waals surface area contributed by atoms with Crippen LogP contribution in [-0.4, -0.2) is 11.5 Å². The van der Waals surface area contributed by atoms with Gasteiger partial charge in [-0.3, -0.25) is 0 Å². The summed E-state index contributed by atoms with van der Waals surface area (Å²) < 4.78 is 0. The van der Waals surface area contributed by atoms with E-state index in [1.807, 2.05) is 17.8 Å². The van der Waals surface area contributed by atoms with Crippen LogP contribution >= 0.6 is 11.8 Å². The molecule has 0 aromatic rings. The van der Waals surface area contributed by atoms with Crippen molar-refractivity contribution in [3.63, 3.8) is 0 Å². The molecule has 0 fully saturated rings. The molecule has 0 heterocycles. The van der Waals surface area contributed by atoms with Gasteiger partial charge in [0.25, 0.3) is 0 Å². The van der Waals surface area contributed by atoms with E-state index in [0.29, 0.717) is 0 Å². The van der Waals surface area contributed by atoms with E-state index >= 15 is 0 Å². The van der Waals surface area contributed by atoms with E-state index in [2.05, 4.69) is 13.5 Å². The fourth-order valence-electron chi connectivity index (χ4n) is 1.50. The largest absolute Gasteiger partial charge is 0.158 e. The van der Waals surface area contributed by atoms with Crippen LogP contribution in [0.25, 0.3) is 0 Å². The van der Waals surface area contributed by atoms with E-state index in [4.69, 9.17) is 0 Å². The van der Waals surface area contributed by atoms with Gasteiger partial charge in [-0.2, -0.15) is 11.8 Å². The first-order valence-electron chi connectivity index (χ1n) is 6.10. The normalized spacial score (nSPS) is 10.4. The fourth-order valence-corrected chi connectivity index (χ4v) is 2.25. The third-order valence-electron chi connectivity index (χ3n) is 2.38. The zero-order valence-electron chi connectivity index (χ0n) is 9.76. The Hall–Kier alpha value is 0.0900. The molecule has 0 saturated heterocycles. The topological polar surface area (TPSA) is 0 Å². The highest BCUT2D eigenvalue weighted by Gasteiger charge is 1.91. The molecule has 0 spiro atoms. The Balaban J connectivity index is 2.81. The zero-order valence-corrected chi connectivity index (χ0v) is 10.6. The predicted octanol–water partition coefficient (Wildman–Crippen LogP) is 5.05. The second-order valence-electron chi connectivity index (χ2n) is 3.84. The van der Waals surface area contributed by atoms with Crippen LogP contribution in [0.4, 0.5) is 0 Å². The van der Waals surface area contributed by atoms with Crippen molar-refractivity contribution in [2.45, 2.75) is 58.3 Å². The standard InChI is InChI=1S/C13H26S/c1-3-5-6-7-8-9-10-11-13-14-12-4-2/h4H,2-3,5-13H2,1H3. The number of rotatable bonds is 11. The van der Waals surface area contributed by atoms with Crippen LogP contribution in [0.5, 0.6) is 0 Å². The SMILES string of the molecule is C=CCSCCCCCCCCCC. The van der Waals surface area contributed by atoms with Gasteiger partial charge in [-0.05, 0) is 12.2 Å². The summed E-state index contributed by atoms with van der Waals surface area (Å²) in [5.74, 6) is 2.44. The summed E-state index contributed by atoms with van der Waals surface area (Å²) in [6.07, 6.45) is 13.4. The van der Waals surface area contributed by atoms with E-state index in [-0.39, 0.29) is 0 Å². The number of thioether (sulfide) groups is 1. The molecule has 0 unspecified atom stereocenters. The second kappa shape index (κ2) is 13.1. The summed E-state index contributed by atoms with van der Waals surface area (Å²) in [5, 5.41) is 0. The molecule has 84 valence electrons. The van der Waals surface area contributed by atoms with Crippen LogP contribution in [0.1, 0.15) is 58.3 Å². The van der Waals surface area contributed by atoms with Crippen LogP contribution in [0, 0.1) is 0 Å². The van der Waals surface area contributed by atoms with Crippen molar-refractivity contribution in [1.82, 2.24) is 0 Å². The molecule has 0 aliphatic carbocycles. The minimum Gasteiger partial charge on any atom is -0.158 e. The maximum atomic E-state index is 3.72. The zero-order chi connectivity index (χ0) is 10.5. The maximum Gasteiger partial charge on any atom is 0.0110 e. The summed E-state index contributed by atoms with van der Waals surface area (Å²) in [5.41, 5.74) is 0. The third-order valence-corrected chi connectivity index (χ3v) is 3.43. The van der Waals surface area contributed by atoms with Crippen molar-refractivity contribution in [1.29, 1.82) is 0 Å². The molecule has 0 N–H and O–H groups in total. The van der Waals surface area contributed by atoms with Crippen molar-refractivity contribution in [3.8, 4) is 0 Å². The minimum atomic E-state index is 1.12.